The predicted molar refractivity (Wildman–Crippen MR) is 100 cm³/mol. The van der Waals surface area contributed by atoms with Gasteiger partial charge in [0.2, 0.25) is 0 Å². The number of hydrogen-bond acceptors (Lipinski definition) is 0. The van der Waals surface area contributed by atoms with Crippen molar-refractivity contribution in [3.05, 3.63) is 82.6 Å². The molecule has 0 aliphatic heterocycles. The molecule has 0 amide bonds. The maximum Gasteiger partial charge on any atom is 0.0840 e. The molecule has 0 heterocycles. The molecule has 1 aliphatic carbocycles. The Labute approximate surface area is 136 Å². The van der Waals surface area contributed by atoms with Gasteiger partial charge in [-0.3, -0.25) is 0 Å². The zero-order valence-electron chi connectivity index (χ0n) is 13.6. The molecule has 0 unspecified atom stereocenters. The summed E-state index contributed by atoms with van der Waals surface area (Å²) in [5.41, 5.74) is 6.02. The van der Waals surface area contributed by atoms with Crippen LogP contribution in [0.3, 0.4) is 0 Å². The zero-order valence-corrected chi connectivity index (χ0v) is 15.0. The highest BCUT2D eigenvalue weighted by atomic mass is 28.2. The molecule has 0 radical (unpaired) electrons. The Bertz CT molecular complexity index is 708. The summed E-state index contributed by atoms with van der Waals surface area (Å²) in [6, 6.07) is 17.8. The molecule has 0 N–H and O–H groups in total. The van der Waals surface area contributed by atoms with Crippen LogP contribution in [0, 0.1) is 0 Å². The van der Waals surface area contributed by atoms with Crippen molar-refractivity contribution in [3.63, 3.8) is 0 Å². The molecule has 0 spiro atoms. The summed E-state index contributed by atoms with van der Waals surface area (Å²) in [5.74, 6) is 0. The van der Waals surface area contributed by atoms with Crippen LogP contribution in [0.4, 0.5) is 0 Å². The van der Waals surface area contributed by atoms with Crippen LogP contribution < -0.4 is 5.19 Å². The number of allylic oxidation sites excluding steroid dienone is 4. The Balaban J connectivity index is 1.96. The van der Waals surface area contributed by atoms with E-state index in [2.05, 4.69) is 74.5 Å². The van der Waals surface area contributed by atoms with Gasteiger partial charge in [0.1, 0.15) is 0 Å². The fraction of sp³-hybridized carbons (Fsp3) is 0.238. The molecule has 0 atom stereocenters. The number of aryl methyl sites for hydroxylation is 1. The first-order valence-electron chi connectivity index (χ1n) is 8.37. The van der Waals surface area contributed by atoms with Crippen molar-refractivity contribution >= 4 is 20.3 Å². The summed E-state index contributed by atoms with van der Waals surface area (Å²) in [6.45, 7) is 4.57. The van der Waals surface area contributed by atoms with Gasteiger partial charge in [-0.1, -0.05) is 84.9 Å². The summed E-state index contributed by atoms with van der Waals surface area (Å²) in [5, 5.41) is 3.34. The first-order chi connectivity index (χ1) is 10.8. The van der Waals surface area contributed by atoms with E-state index in [-0.39, 0.29) is 9.52 Å². The lowest BCUT2D eigenvalue weighted by Crippen LogP contribution is -2.22. The highest BCUT2D eigenvalue weighted by molar-refractivity contribution is 6.63. The van der Waals surface area contributed by atoms with E-state index in [1.165, 1.54) is 11.1 Å². The Morgan fingerprint density at radius 2 is 1.73 bits per heavy atom. The maximum atomic E-state index is 2.37. The van der Waals surface area contributed by atoms with E-state index in [0.717, 1.165) is 19.3 Å². The molecular formula is C21H24Si. The van der Waals surface area contributed by atoms with E-state index in [9.17, 15) is 0 Å². The number of hydrogen-bond donors (Lipinski definition) is 0. The highest BCUT2D eigenvalue weighted by Gasteiger charge is 2.14. The third-order valence-electron chi connectivity index (χ3n) is 4.62. The van der Waals surface area contributed by atoms with Gasteiger partial charge in [0.25, 0.3) is 0 Å². The summed E-state index contributed by atoms with van der Waals surface area (Å²) in [7, 11) is -0.380. The van der Waals surface area contributed by atoms with Crippen LogP contribution in [0.5, 0.6) is 0 Å². The third kappa shape index (κ3) is 3.00. The minimum absolute atomic E-state index is 0.380. The summed E-state index contributed by atoms with van der Waals surface area (Å²) in [6.07, 6.45) is 8.12. The predicted octanol–water partition coefficient (Wildman–Crippen LogP) is 3.98. The SMILES string of the molecule is CCc1cccc([SiH2]C2=C(c3ccccc3)C=CC2)c1CC. The van der Waals surface area contributed by atoms with Crippen LogP contribution >= 0.6 is 0 Å². The van der Waals surface area contributed by atoms with Crippen molar-refractivity contribution < 1.29 is 0 Å². The normalized spacial score (nSPS) is 14.5. The molecule has 0 aromatic heterocycles. The molecule has 0 saturated heterocycles. The minimum atomic E-state index is -0.380. The van der Waals surface area contributed by atoms with Gasteiger partial charge in [-0.15, -0.1) is 0 Å². The first kappa shape index (κ1) is 15.0. The Morgan fingerprint density at radius 3 is 2.45 bits per heavy atom. The molecule has 22 heavy (non-hydrogen) atoms. The second-order valence-electron chi connectivity index (χ2n) is 5.93. The van der Waals surface area contributed by atoms with Gasteiger partial charge in [0, 0.05) is 0 Å². The van der Waals surface area contributed by atoms with Crippen LogP contribution in [0.1, 0.15) is 37.0 Å². The molecule has 0 nitrogen and oxygen atoms in total. The fourth-order valence-electron chi connectivity index (χ4n) is 3.50. The summed E-state index contributed by atoms with van der Waals surface area (Å²) >= 11 is 0. The van der Waals surface area contributed by atoms with Crippen molar-refractivity contribution in [2.75, 3.05) is 0 Å². The standard InChI is InChI=1S/C21H24Si/c1-3-16-12-8-14-20(18(16)4-2)22-21-15-9-13-19(21)17-10-6-5-7-11-17/h5-14H,3-4,15,22H2,1-2H3. The average Bonchev–Trinajstić information content (AvgIpc) is 3.03. The van der Waals surface area contributed by atoms with Crippen LogP contribution in [-0.4, -0.2) is 9.52 Å². The van der Waals surface area contributed by atoms with Crippen LogP contribution in [0.15, 0.2) is 65.9 Å². The lowest BCUT2D eigenvalue weighted by Gasteiger charge is -2.14. The second kappa shape index (κ2) is 6.93. The van der Waals surface area contributed by atoms with E-state index >= 15 is 0 Å². The van der Waals surface area contributed by atoms with E-state index in [4.69, 9.17) is 0 Å². The van der Waals surface area contributed by atoms with Crippen molar-refractivity contribution in [1.29, 1.82) is 0 Å². The smallest absolute Gasteiger partial charge is 0.0802 e. The molecule has 0 bridgehead atoms. The van der Waals surface area contributed by atoms with Crippen molar-refractivity contribution in [1.82, 2.24) is 0 Å². The molecular weight excluding hydrogens is 280 g/mol. The molecule has 0 fully saturated rings. The van der Waals surface area contributed by atoms with Gasteiger partial charge in [-0.05, 0) is 41.5 Å². The lowest BCUT2D eigenvalue weighted by molar-refractivity contribution is 1.05. The molecule has 1 aliphatic rings. The zero-order chi connectivity index (χ0) is 15.4. The lowest BCUT2D eigenvalue weighted by atomic mass is 10.0. The van der Waals surface area contributed by atoms with Crippen LogP contribution in [0.25, 0.3) is 5.57 Å². The molecule has 2 aromatic rings. The first-order valence-corrected chi connectivity index (χ1v) is 9.78. The second-order valence-corrected chi connectivity index (χ2v) is 7.90. The molecule has 3 rings (SSSR count). The maximum absolute atomic E-state index is 2.37. The van der Waals surface area contributed by atoms with Gasteiger partial charge >= 0.3 is 0 Å². The van der Waals surface area contributed by atoms with Crippen molar-refractivity contribution in [2.45, 2.75) is 33.1 Å². The van der Waals surface area contributed by atoms with Gasteiger partial charge in [0.05, 0.1) is 9.52 Å². The van der Waals surface area contributed by atoms with Crippen molar-refractivity contribution in [3.8, 4) is 0 Å². The minimum Gasteiger partial charge on any atom is -0.0802 e. The number of benzene rings is 2. The Kier molecular flexibility index (Phi) is 4.74. The van der Waals surface area contributed by atoms with Gasteiger partial charge in [-0.2, -0.15) is 0 Å². The summed E-state index contributed by atoms with van der Waals surface area (Å²) in [4.78, 5) is 0. The largest absolute Gasteiger partial charge is 0.0840 e. The fourth-order valence-corrected chi connectivity index (χ4v) is 5.73. The molecule has 0 saturated carbocycles. The van der Waals surface area contributed by atoms with Gasteiger partial charge in [-0.25, -0.2) is 0 Å². The Hall–Kier alpha value is -1.86. The van der Waals surface area contributed by atoms with Gasteiger partial charge in [0.15, 0.2) is 0 Å². The Morgan fingerprint density at radius 1 is 0.909 bits per heavy atom. The monoisotopic (exact) mass is 304 g/mol. The highest BCUT2D eigenvalue weighted by Crippen LogP contribution is 2.27. The average molecular weight is 305 g/mol. The van der Waals surface area contributed by atoms with E-state index < -0.39 is 0 Å². The van der Waals surface area contributed by atoms with Crippen molar-refractivity contribution in [2.24, 2.45) is 0 Å². The van der Waals surface area contributed by atoms with Gasteiger partial charge < -0.3 is 0 Å². The topological polar surface area (TPSA) is 0 Å². The molecule has 112 valence electrons. The van der Waals surface area contributed by atoms with E-state index in [1.807, 2.05) is 0 Å². The molecule has 2 aromatic carbocycles. The quantitative estimate of drug-likeness (QED) is 0.733. The summed E-state index contributed by atoms with van der Waals surface area (Å²) < 4.78 is 0. The molecule has 1 heteroatoms. The third-order valence-corrected chi connectivity index (χ3v) is 6.76. The number of rotatable bonds is 5. The van der Waals surface area contributed by atoms with Crippen LogP contribution in [0.2, 0.25) is 0 Å². The van der Waals surface area contributed by atoms with E-state index in [1.54, 1.807) is 21.5 Å². The van der Waals surface area contributed by atoms with Crippen LogP contribution in [-0.2, 0) is 12.8 Å². The van der Waals surface area contributed by atoms with E-state index in [0.29, 0.717) is 0 Å².